The van der Waals surface area contributed by atoms with Gasteiger partial charge < -0.3 is 15.4 Å². The molecule has 4 heterocycles. The van der Waals surface area contributed by atoms with E-state index in [-0.39, 0.29) is 24.2 Å². The minimum Gasteiger partial charge on any atom is -0.382 e. The summed E-state index contributed by atoms with van der Waals surface area (Å²) in [4.78, 5) is 19.2. The van der Waals surface area contributed by atoms with E-state index >= 15 is 0 Å². The fraction of sp³-hybridized carbons (Fsp3) is 0.452. The number of carbonyl (C=O) groups is 1. The lowest BCUT2D eigenvalue weighted by Gasteiger charge is -2.39. The molecule has 2 aliphatic heterocycles. The lowest BCUT2D eigenvalue weighted by atomic mass is 9.89. The van der Waals surface area contributed by atoms with Crippen molar-refractivity contribution >= 4 is 34.0 Å². The zero-order chi connectivity index (χ0) is 29.4. The minimum absolute atomic E-state index is 0.177. The van der Waals surface area contributed by atoms with Crippen molar-refractivity contribution in [2.45, 2.75) is 62.5 Å². The fourth-order valence-electron chi connectivity index (χ4n) is 6.49. The largest absolute Gasteiger partial charge is 0.417 e. The number of nitrogens with zero attached hydrogens (tertiary/aromatic N) is 4. The van der Waals surface area contributed by atoms with Crippen molar-refractivity contribution in [1.29, 1.82) is 0 Å². The fourth-order valence-corrected chi connectivity index (χ4v) is 6.49. The Morgan fingerprint density at radius 1 is 1.19 bits per heavy atom. The molecule has 2 N–H and O–H groups in total. The van der Waals surface area contributed by atoms with Crippen LogP contribution in [0.3, 0.4) is 0 Å². The van der Waals surface area contributed by atoms with Gasteiger partial charge in [0, 0.05) is 60.9 Å². The monoisotopic (exact) mass is 580 g/mol. The van der Waals surface area contributed by atoms with Crippen LogP contribution in [0.5, 0.6) is 0 Å². The zero-order valence-corrected chi connectivity index (χ0v) is 23.5. The quantitative estimate of drug-likeness (QED) is 0.382. The number of morpholine rings is 1. The summed E-state index contributed by atoms with van der Waals surface area (Å²) in [7, 11) is 1.72. The molecule has 2 bridgehead atoms. The van der Waals surface area contributed by atoms with E-state index in [9.17, 15) is 18.0 Å². The van der Waals surface area contributed by atoms with Crippen LogP contribution < -0.4 is 10.6 Å². The second kappa shape index (κ2) is 11.5. The van der Waals surface area contributed by atoms with Gasteiger partial charge in [-0.2, -0.15) is 18.3 Å². The molecule has 3 aliphatic rings. The number of rotatable bonds is 8. The second-order valence-electron chi connectivity index (χ2n) is 11.5. The number of nitrogens with one attached hydrogen (secondary N) is 2. The number of anilines is 1. The molecule has 1 amide bonds. The van der Waals surface area contributed by atoms with Crippen molar-refractivity contribution in [3.05, 3.63) is 66.3 Å². The highest BCUT2D eigenvalue weighted by molar-refractivity contribution is 6.01. The van der Waals surface area contributed by atoms with Crippen LogP contribution in [0.4, 0.5) is 18.9 Å². The maximum Gasteiger partial charge on any atom is 0.417 e. The van der Waals surface area contributed by atoms with Crippen LogP contribution in [-0.2, 0) is 11.8 Å². The number of halogens is 3. The average molecular weight is 581 g/mol. The topological polar surface area (TPSA) is 84.3 Å². The lowest BCUT2D eigenvalue weighted by Crippen LogP contribution is -2.46. The summed E-state index contributed by atoms with van der Waals surface area (Å²) in [6.45, 7) is 5.38. The van der Waals surface area contributed by atoms with E-state index in [1.54, 1.807) is 43.6 Å². The van der Waals surface area contributed by atoms with Gasteiger partial charge in [-0.3, -0.25) is 14.4 Å². The molecule has 2 atom stereocenters. The van der Waals surface area contributed by atoms with Gasteiger partial charge in [-0.25, -0.2) is 4.98 Å². The van der Waals surface area contributed by atoms with E-state index in [1.165, 1.54) is 10.9 Å². The first-order valence-electron chi connectivity index (χ1n) is 14.4. The number of likely N-dealkylation sites (tertiary alicyclic amines) is 1. The number of hydrogen-bond acceptors (Lipinski definition) is 6. The first-order chi connectivity index (χ1) is 20.2. The molecule has 222 valence electrons. The summed E-state index contributed by atoms with van der Waals surface area (Å²) in [5.41, 5.74) is 0.363. The average Bonchev–Trinajstić information content (AvgIpc) is 3.72. The van der Waals surface area contributed by atoms with Crippen LogP contribution in [0.25, 0.3) is 22.4 Å². The van der Waals surface area contributed by atoms with Gasteiger partial charge in [-0.1, -0.05) is 24.8 Å². The van der Waals surface area contributed by atoms with Crippen LogP contribution in [0.15, 0.2) is 49.3 Å². The van der Waals surface area contributed by atoms with E-state index in [1.807, 2.05) is 6.07 Å². The third-order valence-electron chi connectivity index (χ3n) is 8.63. The molecular weight excluding hydrogens is 545 g/mol. The Kier molecular flexibility index (Phi) is 7.80. The molecule has 11 heteroatoms. The molecule has 2 saturated heterocycles. The molecule has 1 saturated carbocycles. The molecule has 3 aromatic rings. The lowest BCUT2D eigenvalue weighted by molar-refractivity contribution is -0.0688. The van der Waals surface area contributed by atoms with Gasteiger partial charge in [0.2, 0.25) is 0 Å². The van der Waals surface area contributed by atoms with Crippen molar-refractivity contribution in [3.63, 3.8) is 0 Å². The van der Waals surface area contributed by atoms with E-state index < -0.39 is 11.7 Å². The van der Waals surface area contributed by atoms with Crippen LogP contribution in [0, 0.1) is 0 Å². The van der Waals surface area contributed by atoms with Crippen molar-refractivity contribution in [2.75, 3.05) is 25.0 Å². The number of pyridine rings is 1. The number of aromatic nitrogens is 3. The van der Waals surface area contributed by atoms with Crippen molar-refractivity contribution in [1.82, 2.24) is 25.0 Å². The van der Waals surface area contributed by atoms with Gasteiger partial charge in [-0.15, -0.1) is 0 Å². The first kappa shape index (κ1) is 28.4. The molecule has 1 aromatic carbocycles. The summed E-state index contributed by atoms with van der Waals surface area (Å²) in [5, 5.41) is 11.4. The highest BCUT2D eigenvalue weighted by Gasteiger charge is 2.42. The van der Waals surface area contributed by atoms with E-state index in [0.29, 0.717) is 40.2 Å². The maximum atomic E-state index is 13.8. The van der Waals surface area contributed by atoms with Gasteiger partial charge in [0.05, 0.1) is 41.4 Å². The van der Waals surface area contributed by atoms with Gasteiger partial charge in [-0.05, 0) is 50.3 Å². The zero-order valence-electron chi connectivity index (χ0n) is 23.5. The van der Waals surface area contributed by atoms with Gasteiger partial charge in [0.15, 0.2) is 0 Å². The highest BCUT2D eigenvalue weighted by Crippen LogP contribution is 2.39. The molecule has 1 aliphatic carbocycles. The second-order valence-corrected chi connectivity index (χ2v) is 11.5. The van der Waals surface area contributed by atoms with Crippen molar-refractivity contribution < 1.29 is 22.7 Å². The Bertz CT molecular complexity index is 1510. The Morgan fingerprint density at radius 2 is 2.00 bits per heavy atom. The number of hydrogen-bond donors (Lipinski definition) is 2. The Balaban J connectivity index is 1.19. The SMILES string of the molecule is C=C(c1nc(/C=C/CNC(=O)c2cnn(C)c2)cc2c(NC3CCC(N4CC5CC4CO5)CC3)cccc12)C(F)(F)F. The number of alkyl halides is 3. The molecule has 3 fully saturated rings. The van der Waals surface area contributed by atoms with Crippen LogP contribution in [0.1, 0.15) is 53.8 Å². The van der Waals surface area contributed by atoms with Gasteiger partial charge in [0.1, 0.15) is 0 Å². The number of carbonyl (C=O) groups excluding carboxylic acids is 1. The van der Waals surface area contributed by atoms with Gasteiger partial charge in [0.25, 0.3) is 5.91 Å². The summed E-state index contributed by atoms with van der Waals surface area (Å²) in [5.74, 6) is -0.294. The summed E-state index contributed by atoms with van der Waals surface area (Å²) in [6.07, 6.45) is 7.40. The Labute approximate surface area is 242 Å². The molecule has 0 spiro atoms. The van der Waals surface area contributed by atoms with E-state index in [4.69, 9.17) is 4.74 Å². The predicted octanol–water partition coefficient (Wildman–Crippen LogP) is 5.18. The normalized spacial score (nSPS) is 24.5. The smallest absolute Gasteiger partial charge is 0.382 e. The van der Waals surface area contributed by atoms with Crippen LogP contribution >= 0.6 is 0 Å². The Morgan fingerprint density at radius 3 is 2.67 bits per heavy atom. The summed E-state index contributed by atoms with van der Waals surface area (Å²) < 4.78 is 48.7. The van der Waals surface area contributed by atoms with E-state index in [0.717, 1.165) is 50.9 Å². The number of benzene rings is 1. The summed E-state index contributed by atoms with van der Waals surface area (Å²) in [6, 6.07) is 8.45. The number of ether oxygens (including phenoxy) is 1. The number of aryl methyl sites for hydroxylation is 1. The third-order valence-corrected chi connectivity index (χ3v) is 8.63. The molecule has 42 heavy (non-hydrogen) atoms. The number of amides is 1. The minimum atomic E-state index is -4.62. The molecule has 8 nitrogen and oxygen atoms in total. The van der Waals surface area contributed by atoms with Gasteiger partial charge >= 0.3 is 6.18 Å². The maximum absolute atomic E-state index is 13.8. The molecular formula is C31H35F3N6O2. The van der Waals surface area contributed by atoms with Crippen molar-refractivity contribution in [3.8, 4) is 0 Å². The van der Waals surface area contributed by atoms with Crippen LogP contribution in [-0.4, -0.2) is 75.7 Å². The molecule has 6 rings (SSSR count). The highest BCUT2D eigenvalue weighted by atomic mass is 19.4. The van der Waals surface area contributed by atoms with E-state index in [2.05, 4.69) is 32.2 Å². The predicted molar refractivity (Wildman–Crippen MR) is 156 cm³/mol. The molecule has 0 radical (unpaired) electrons. The van der Waals surface area contributed by atoms with Crippen LogP contribution in [0.2, 0.25) is 0 Å². The molecule has 2 unspecified atom stereocenters. The van der Waals surface area contributed by atoms with Crippen molar-refractivity contribution in [2.24, 2.45) is 7.05 Å². The first-order valence-corrected chi connectivity index (χ1v) is 14.4. The number of fused-ring (bicyclic) bond motifs is 3. The number of allylic oxidation sites excluding steroid dienone is 1. The Hall–Kier alpha value is -3.70. The third kappa shape index (κ3) is 5.94. The standard InChI is InChI=1S/C31H35F3N6O2/c1-19(31(32,33)34)29-26-6-3-7-28(37-21-8-10-23(11-9-21)40-17-25-14-24(40)18-42-25)27(26)13-22(38-29)5-4-12-35-30(41)20-15-36-39(2)16-20/h3-7,13,15-16,21,23-25,37H,1,8-12,14,17-18H2,2H3,(H,35,41)/b5-4+. The summed E-state index contributed by atoms with van der Waals surface area (Å²) >= 11 is 0. The molecule has 2 aromatic heterocycles.